The van der Waals surface area contributed by atoms with Crippen molar-refractivity contribution in [3.05, 3.63) is 60.2 Å². The van der Waals surface area contributed by atoms with Gasteiger partial charge in [0.15, 0.2) is 5.96 Å². The number of amides is 1. The topological polar surface area (TPSA) is 93.5 Å². The molecule has 2 aromatic carbocycles. The molecule has 0 aliphatic carbocycles. The molecule has 0 aliphatic heterocycles. The molecule has 0 radical (unpaired) electrons. The standard InChI is InChI=1S/C14H14N4O/c15-14(16)18-13(19)10-6-8-12(9-7-10)17-11-4-2-1-3-5-11/h1-9,17H,(H4,15,16,18,19). The van der Waals surface area contributed by atoms with Crippen molar-refractivity contribution in [3.63, 3.8) is 0 Å². The minimum absolute atomic E-state index is 0.239. The van der Waals surface area contributed by atoms with Gasteiger partial charge in [-0.05, 0) is 36.4 Å². The number of nitrogens with two attached hydrogens (primary N) is 2. The van der Waals surface area contributed by atoms with Crippen molar-refractivity contribution in [2.45, 2.75) is 0 Å². The molecule has 0 unspecified atom stereocenters. The molecule has 5 heteroatoms. The lowest BCUT2D eigenvalue weighted by Gasteiger charge is -2.06. The van der Waals surface area contributed by atoms with Gasteiger partial charge in [0.2, 0.25) is 0 Å². The fourth-order valence-corrected chi connectivity index (χ4v) is 1.57. The van der Waals surface area contributed by atoms with Gasteiger partial charge in [-0.3, -0.25) is 4.79 Å². The van der Waals surface area contributed by atoms with Gasteiger partial charge < -0.3 is 16.8 Å². The van der Waals surface area contributed by atoms with Gasteiger partial charge in [0, 0.05) is 16.9 Å². The van der Waals surface area contributed by atoms with Crippen molar-refractivity contribution in [2.24, 2.45) is 16.5 Å². The highest BCUT2D eigenvalue weighted by Gasteiger charge is 2.04. The van der Waals surface area contributed by atoms with E-state index in [2.05, 4.69) is 10.3 Å². The smallest absolute Gasteiger partial charge is 0.280 e. The molecular weight excluding hydrogens is 240 g/mol. The highest BCUT2D eigenvalue weighted by molar-refractivity contribution is 6.02. The molecule has 2 rings (SSSR count). The molecule has 0 fully saturated rings. The molecule has 5 nitrogen and oxygen atoms in total. The second-order valence-corrected chi connectivity index (χ2v) is 3.91. The maximum absolute atomic E-state index is 11.6. The Hall–Kier alpha value is -2.82. The number of para-hydroxylation sites is 1. The number of aliphatic imine (C=N–C) groups is 1. The zero-order valence-corrected chi connectivity index (χ0v) is 10.2. The predicted octanol–water partition coefficient (Wildman–Crippen LogP) is 1.84. The summed E-state index contributed by atoms with van der Waals surface area (Å²) in [6.45, 7) is 0. The minimum atomic E-state index is -0.453. The zero-order chi connectivity index (χ0) is 13.7. The molecule has 0 heterocycles. The van der Waals surface area contributed by atoms with Crippen LogP contribution in [0.25, 0.3) is 0 Å². The molecule has 0 aromatic heterocycles. The molecule has 96 valence electrons. The average Bonchev–Trinajstić information content (AvgIpc) is 2.40. The number of nitrogens with zero attached hydrogens (tertiary/aromatic N) is 1. The average molecular weight is 254 g/mol. The van der Waals surface area contributed by atoms with E-state index in [1.54, 1.807) is 24.3 Å². The lowest BCUT2D eigenvalue weighted by molar-refractivity contribution is 0.100. The summed E-state index contributed by atoms with van der Waals surface area (Å²) in [5, 5.41) is 3.21. The van der Waals surface area contributed by atoms with E-state index in [9.17, 15) is 4.79 Å². The summed E-state index contributed by atoms with van der Waals surface area (Å²) < 4.78 is 0. The molecule has 1 amide bonds. The first-order valence-electron chi connectivity index (χ1n) is 5.71. The lowest BCUT2D eigenvalue weighted by Crippen LogP contribution is -2.24. The third kappa shape index (κ3) is 3.57. The molecular formula is C14H14N4O. The molecule has 0 spiro atoms. The second-order valence-electron chi connectivity index (χ2n) is 3.91. The summed E-state index contributed by atoms with van der Waals surface area (Å²) in [5.41, 5.74) is 12.6. The van der Waals surface area contributed by atoms with Gasteiger partial charge in [0.25, 0.3) is 5.91 Å². The van der Waals surface area contributed by atoms with Crippen molar-refractivity contribution in [2.75, 3.05) is 5.32 Å². The zero-order valence-electron chi connectivity index (χ0n) is 10.2. The van der Waals surface area contributed by atoms with E-state index in [0.29, 0.717) is 5.56 Å². The van der Waals surface area contributed by atoms with E-state index >= 15 is 0 Å². The number of carbonyl (C=O) groups is 1. The van der Waals surface area contributed by atoms with Crippen LogP contribution in [0.1, 0.15) is 10.4 Å². The molecule has 5 N–H and O–H groups in total. The number of guanidine groups is 1. The van der Waals surface area contributed by atoms with Gasteiger partial charge in [-0.15, -0.1) is 0 Å². The van der Waals surface area contributed by atoms with Gasteiger partial charge in [-0.1, -0.05) is 18.2 Å². The van der Waals surface area contributed by atoms with Crippen molar-refractivity contribution in [3.8, 4) is 0 Å². The molecule has 0 saturated carbocycles. The van der Waals surface area contributed by atoms with Crippen LogP contribution in [-0.4, -0.2) is 11.9 Å². The summed E-state index contributed by atoms with van der Waals surface area (Å²) in [7, 11) is 0. The van der Waals surface area contributed by atoms with Crippen LogP contribution in [0, 0.1) is 0 Å². The summed E-state index contributed by atoms with van der Waals surface area (Å²) in [4.78, 5) is 15.0. The summed E-state index contributed by atoms with van der Waals surface area (Å²) in [6, 6.07) is 16.7. The van der Waals surface area contributed by atoms with Crippen molar-refractivity contribution in [1.29, 1.82) is 0 Å². The number of nitrogens with one attached hydrogen (secondary N) is 1. The Bertz CT molecular complexity index is 587. The van der Waals surface area contributed by atoms with Crippen LogP contribution in [0.15, 0.2) is 59.6 Å². The summed E-state index contributed by atoms with van der Waals surface area (Å²) in [5.74, 6) is -0.692. The van der Waals surface area contributed by atoms with Crippen LogP contribution < -0.4 is 16.8 Å². The molecule has 19 heavy (non-hydrogen) atoms. The summed E-state index contributed by atoms with van der Waals surface area (Å²) in [6.07, 6.45) is 0. The van der Waals surface area contributed by atoms with Crippen molar-refractivity contribution in [1.82, 2.24) is 0 Å². The minimum Gasteiger partial charge on any atom is -0.370 e. The lowest BCUT2D eigenvalue weighted by atomic mass is 10.2. The second kappa shape index (κ2) is 5.68. The highest BCUT2D eigenvalue weighted by Crippen LogP contribution is 2.16. The first kappa shape index (κ1) is 12.6. The van der Waals surface area contributed by atoms with Gasteiger partial charge >= 0.3 is 0 Å². The fraction of sp³-hybridized carbons (Fsp3) is 0. The third-order valence-electron chi connectivity index (χ3n) is 2.42. The Kier molecular flexibility index (Phi) is 3.78. The van der Waals surface area contributed by atoms with Gasteiger partial charge in [0.1, 0.15) is 0 Å². The maximum Gasteiger partial charge on any atom is 0.280 e. The fourth-order valence-electron chi connectivity index (χ4n) is 1.57. The van der Waals surface area contributed by atoms with E-state index in [-0.39, 0.29) is 5.96 Å². The van der Waals surface area contributed by atoms with Crippen molar-refractivity contribution >= 4 is 23.2 Å². The molecule has 0 atom stereocenters. The number of hydrogen-bond donors (Lipinski definition) is 3. The molecule has 0 saturated heterocycles. The maximum atomic E-state index is 11.6. The van der Waals surface area contributed by atoms with Crippen LogP contribution in [0.3, 0.4) is 0 Å². The van der Waals surface area contributed by atoms with Crippen molar-refractivity contribution < 1.29 is 4.79 Å². The van der Waals surface area contributed by atoms with Crippen LogP contribution in [0.2, 0.25) is 0 Å². The number of benzene rings is 2. The number of anilines is 2. The van der Waals surface area contributed by atoms with Crippen LogP contribution in [0.4, 0.5) is 11.4 Å². The Morgan fingerprint density at radius 2 is 1.47 bits per heavy atom. The number of carbonyl (C=O) groups excluding carboxylic acids is 1. The normalized spacial score (nSPS) is 9.68. The first-order valence-corrected chi connectivity index (χ1v) is 5.71. The number of hydrogen-bond acceptors (Lipinski definition) is 2. The van der Waals surface area contributed by atoms with Gasteiger partial charge in [0.05, 0.1) is 0 Å². The van der Waals surface area contributed by atoms with Gasteiger partial charge in [-0.25, -0.2) is 0 Å². The van der Waals surface area contributed by atoms with E-state index in [0.717, 1.165) is 11.4 Å². The quantitative estimate of drug-likeness (QED) is 0.575. The Morgan fingerprint density at radius 3 is 2.05 bits per heavy atom. The Morgan fingerprint density at radius 1 is 0.895 bits per heavy atom. The van der Waals surface area contributed by atoms with E-state index in [4.69, 9.17) is 11.5 Å². The molecule has 0 aliphatic rings. The van der Waals surface area contributed by atoms with Crippen LogP contribution >= 0.6 is 0 Å². The SMILES string of the molecule is NC(N)=NC(=O)c1ccc(Nc2ccccc2)cc1. The molecule has 0 bridgehead atoms. The largest absolute Gasteiger partial charge is 0.370 e. The van der Waals surface area contributed by atoms with E-state index in [1.165, 1.54) is 0 Å². The third-order valence-corrected chi connectivity index (χ3v) is 2.42. The Labute approximate surface area is 111 Å². The molecule has 2 aromatic rings. The highest BCUT2D eigenvalue weighted by atomic mass is 16.1. The van der Waals surface area contributed by atoms with E-state index < -0.39 is 5.91 Å². The number of rotatable bonds is 3. The van der Waals surface area contributed by atoms with Gasteiger partial charge in [-0.2, -0.15) is 4.99 Å². The van der Waals surface area contributed by atoms with Crippen LogP contribution in [-0.2, 0) is 0 Å². The predicted molar refractivity (Wildman–Crippen MR) is 76.3 cm³/mol. The first-order chi connectivity index (χ1) is 9.15. The summed E-state index contributed by atoms with van der Waals surface area (Å²) >= 11 is 0. The van der Waals surface area contributed by atoms with E-state index in [1.807, 2.05) is 30.3 Å². The van der Waals surface area contributed by atoms with Crippen LogP contribution in [0.5, 0.6) is 0 Å². The Balaban J connectivity index is 2.11. The monoisotopic (exact) mass is 254 g/mol.